The topological polar surface area (TPSA) is 76.0 Å². The van der Waals surface area contributed by atoms with Crippen LogP contribution in [0, 0.1) is 0 Å². The average Bonchev–Trinajstić information content (AvgIpc) is 3.21. The number of nitrogens with zero attached hydrogens (tertiary/aromatic N) is 2. The van der Waals surface area contributed by atoms with Gasteiger partial charge in [0, 0.05) is 18.3 Å². The van der Waals surface area contributed by atoms with E-state index in [9.17, 15) is 9.59 Å². The minimum Gasteiger partial charge on any atom is -0.354 e. The molecule has 3 rings (SSSR count). The summed E-state index contributed by atoms with van der Waals surface area (Å²) in [7, 11) is 0. The van der Waals surface area contributed by atoms with Crippen LogP contribution in [0.3, 0.4) is 0 Å². The lowest BCUT2D eigenvalue weighted by molar-refractivity contribution is -0.120. The molecule has 6 nitrogen and oxygen atoms in total. The van der Waals surface area contributed by atoms with Crippen LogP contribution in [-0.4, -0.2) is 34.7 Å². The van der Waals surface area contributed by atoms with Crippen molar-refractivity contribution in [1.29, 1.82) is 0 Å². The Kier molecular flexibility index (Phi) is 6.67. The highest BCUT2D eigenvalue weighted by molar-refractivity contribution is 5.96. The molecular formula is C24H28N4O2. The number of carbonyl (C=O) groups excluding carboxylic acids is 2. The predicted molar refractivity (Wildman–Crippen MR) is 118 cm³/mol. The fraction of sp³-hybridized carbons (Fsp3) is 0.292. The van der Waals surface area contributed by atoms with Crippen molar-refractivity contribution in [3.63, 3.8) is 0 Å². The molecule has 1 aromatic heterocycles. The van der Waals surface area contributed by atoms with Gasteiger partial charge in [0.25, 0.3) is 5.91 Å². The van der Waals surface area contributed by atoms with Crippen molar-refractivity contribution in [3.05, 3.63) is 83.7 Å². The lowest BCUT2D eigenvalue weighted by atomic mass is 9.87. The fourth-order valence-electron chi connectivity index (χ4n) is 3.00. The van der Waals surface area contributed by atoms with Crippen LogP contribution in [0.25, 0.3) is 5.69 Å². The van der Waals surface area contributed by atoms with Gasteiger partial charge in [0.05, 0.1) is 18.4 Å². The van der Waals surface area contributed by atoms with Gasteiger partial charge >= 0.3 is 0 Å². The van der Waals surface area contributed by atoms with Gasteiger partial charge in [0.15, 0.2) is 0 Å². The first kappa shape index (κ1) is 21.3. The van der Waals surface area contributed by atoms with E-state index in [0.29, 0.717) is 18.5 Å². The summed E-state index contributed by atoms with van der Waals surface area (Å²) in [6.07, 6.45) is 4.41. The van der Waals surface area contributed by atoms with Crippen molar-refractivity contribution in [2.75, 3.05) is 13.1 Å². The molecule has 0 spiro atoms. The summed E-state index contributed by atoms with van der Waals surface area (Å²) in [6.45, 7) is 6.80. The van der Waals surface area contributed by atoms with Gasteiger partial charge in [-0.25, -0.2) is 4.68 Å². The van der Waals surface area contributed by atoms with E-state index < -0.39 is 0 Å². The SMILES string of the molecule is CC(C)(C)c1ccc(C(=O)NCC(=O)NCCc2cnn(-c3ccccc3)c2)cc1. The van der Waals surface area contributed by atoms with E-state index in [1.165, 1.54) is 0 Å². The molecule has 0 unspecified atom stereocenters. The Morgan fingerprint density at radius 3 is 2.33 bits per heavy atom. The summed E-state index contributed by atoms with van der Waals surface area (Å²) < 4.78 is 1.81. The van der Waals surface area contributed by atoms with Crippen LogP contribution < -0.4 is 10.6 Å². The van der Waals surface area contributed by atoms with E-state index in [0.717, 1.165) is 16.8 Å². The van der Waals surface area contributed by atoms with E-state index >= 15 is 0 Å². The number of carbonyl (C=O) groups is 2. The van der Waals surface area contributed by atoms with E-state index in [1.807, 2.05) is 53.3 Å². The molecule has 2 N–H and O–H groups in total. The molecule has 1 heterocycles. The zero-order valence-corrected chi connectivity index (χ0v) is 17.7. The van der Waals surface area contributed by atoms with Gasteiger partial charge in [-0.2, -0.15) is 5.10 Å². The predicted octanol–water partition coefficient (Wildman–Crippen LogP) is 3.26. The number of para-hydroxylation sites is 1. The first-order valence-corrected chi connectivity index (χ1v) is 10.1. The standard InChI is InChI=1S/C24H28N4O2/c1-24(2,3)20-11-9-19(10-12-20)23(30)26-16-22(29)25-14-13-18-15-27-28(17-18)21-7-5-4-6-8-21/h4-12,15,17H,13-14,16H2,1-3H3,(H,25,29)(H,26,30). The minimum absolute atomic E-state index is 0.0342. The van der Waals surface area contributed by atoms with Crippen molar-refractivity contribution >= 4 is 11.8 Å². The van der Waals surface area contributed by atoms with E-state index in [1.54, 1.807) is 18.3 Å². The van der Waals surface area contributed by atoms with E-state index in [4.69, 9.17) is 0 Å². The third kappa shape index (κ3) is 5.80. The van der Waals surface area contributed by atoms with Gasteiger partial charge in [0.2, 0.25) is 5.91 Å². The maximum Gasteiger partial charge on any atom is 0.251 e. The van der Waals surface area contributed by atoms with Crippen LogP contribution in [0.2, 0.25) is 0 Å². The van der Waals surface area contributed by atoms with Crippen LogP contribution in [0.4, 0.5) is 0 Å². The quantitative estimate of drug-likeness (QED) is 0.635. The summed E-state index contributed by atoms with van der Waals surface area (Å²) >= 11 is 0. The number of benzene rings is 2. The van der Waals surface area contributed by atoms with Crippen molar-refractivity contribution in [3.8, 4) is 5.69 Å². The molecule has 0 aliphatic heterocycles. The van der Waals surface area contributed by atoms with Crippen LogP contribution in [0.15, 0.2) is 67.0 Å². The van der Waals surface area contributed by atoms with Gasteiger partial charge in [-0.3, -0.25) is 9.59 Å². The molecule has 30 heavy (non-hydrogen) atoms. The summed E-state index contributed by atoms with van der Waals surface area (Å²) in [6, 6.07) is 17.3. The summed E-state index contributed by atoms with van der Waals surface area (Å²) in [4.78, 5) is 24.3. The van der Waals surface area contributed by atoms with Crippen LogP contribution in [-0.2, 0) is 16.6 Å². The zero-order chi connectivity index (χ0) is 21.6. The molecule has 2 aromatic carbocycles. The first-order valence-electron chi connectivity index (χ1n) is 10.1. The number of hydrogen-bond acceptors (Lipinski definition) is 3. The second kappa shape index (κ2) is 9.39. The molecule has 6 heteroatoms. The number of amides is 2. The van der Waals surface area contributed by atoms with Gasteiger partial charge in [-0.1, -0.05) is 51.1 Å². The first-order chi connectivity index (χ1) is 14.3. The second-order valence-electron chi connectivity index (χ2n) is 8.24. The number of rotatable bonds is 7. The van der Waals surface area contributed by atoms with Gasteiger partial charge in [-0.05, 0) is 47.2 Å². The smallest absolute Gasteiger partial charge is 0.251 e. The average molecular weight is 405 g/mol. The van der Waals surface area contributed by atoms with Gasteiger partial charge in [-0.15, -0.1) is 0 Å². The Labute approximate surface area is 177 Å². The molecule has 0 aliphatic carbocycles. The molecule has 3 aromatic rings. The van der Waals surface area contributed by atoms with E-state index in [2.05, 4.69) is 36.5 Å². The molecular weight excluding hydrogens is 376 g/mol. The summed E-state index contributed by atoms with van der Waals surface area (Å²) in [5, 5.41) is 9.83. The van der Waals surface area contributed by atoms with E-state index in [-0.39, 0.29) is 23.8 Å². The highest BCUT2D eigenvalue weighted by Gasteiger charge is 2.14. The fourth-order valence-corrected chi connectivity index (χ4v) is 3.00. The Morgan fingerprint density at radius 2 is 1.67 bits per heavy atom. The summed E-state index contributed by atoms with van der Waals surface area (Å²) in [5.41, 5.74) is 3.76. The largest absolute Gasteiger partial charge is 0.354 e. The summed E-state index contributed by atoms with van der Waals surface area (Å²) in [5.74, 6) is -0.472. The third-order valence-corrected chi connectivity index (χ3v) is 4.82. The Balaban J connectivity index is 1.41. The van der Waals surface area contributed by atoms with Gasteiger partial charge < -0.3 is 10.6 Å². The second-order valence-corrected chi connectivity index (χ2v) is 8.24. The minimum atomic E-state index is -0.255. The number of aromatic nitrogens is 2. The van der Waals surface area contributed by atoms with Crippen LogP contribution >= 0.6 is 0 Å². The maximum absolute atomic E-state index is 12.2. The lowest BCUT2D eigenvalue weighted by Crippen LogP contribution is -2.37. The van der Waals surface area contributed by atoms with Crippen LogP contribution in [0.1, 0.15) is 42.3 Å². The molecule has 0 radical (unpaired) electrons. The lowest BCUT2D eigenvalue weighted by Gasteiger charge is -2.19. The maximum atomic E-state index is 12.2. The van der Waals surface area contributed by atoms with Crippen molar-refractivity contribution in [2.24, 2.45) is 0 Å². The van der Waals surface area contributed by atoms with Crippen molar-refractivity contribution in [1.82, 2.24) is 20.4 Å². The monoisotopic (exact) mass is 404 g/mol. The molecule has 156 valence electrons. The van der Waals surface area contributed by atoms with Crippen LogP contribution in [0.5, 0.6) is 0 Å². The molecule has 0 saturated heterocycles. The molecule has 2 amide bonds. The molecule has 0 saturated carbocycles. The number of nitrogens with one attached hydrogen (secondary N) is 2. The Hall–Kier alpha value is -3.41. The molecule has 0 aliphatic rings. The third-order valence-electron chi connectivity index (χ3n) is 4.82. The van der Waals surface area contributed by atoms with Crippen molar-refractivity contribution in [2.45, 2.75) is 32.6 Å². The normalized spacial score (nSPS) is 11.2. The molecule has 0 bridgehead atoms. The van der Waals surface area contributed by atoms with Gasteiger partial charge in [0.1, 0.15) is 0 Å². The molecule has 0 fully saturated rings. The zero-order valence-electron chi connectivity index (χ0n) is 17.7. The highest BCUT2D eigenvalue weighted by atomic mass is 16.2. The number of hydrogen-bond donors (Lipinski definition) is 2. The molecule has 0 atom stereocenters. The van der Waals surface area contributed by atoms with Crippen molar-refractivity contribution < 1.29 is 9.59 Å². The Bertz CT molecular complexity index is 986. The highest BCUT2D eigenvalue weighted by Crippen LogP contribution is 2.22. The Morgan fingerprint density at radius 1 is 0.967 bits per heavy atom.